The Balaban J connectivity index is 2.52. The van der Waals surface area contributed by atoms with Crippen molar-refractivity contribution < 1.29 is 15.0 Å². The number of carboxylic acid groups (broad SMARTS) is 1. The predicted octanol–water partition coefficient (Wildman–Crippen LogP) is 2.02. The van der Waals surface area contributed by atoms with E-state index in [4.69, 9.17) is 10.4 Å². The number of carboxylic acids is 1. The SMILES string of the molecule is N#Cc1cc(-c2cc(C(=O)O)ccn2)ccc1O. The molecule has 88 valence electrons. The van der Waals surface area contributed by atoms with Gasteiger partial charge in [-0.15, -0.1) is 0 Å². The average Bonchev–Trinajstić information content (AvgIpc) is 2.39. The predicted molar refractivity (Wildman–Crippen MR) is 63.0 cm³/mol. The van der Waals surface area contributed by atoms with Gasteiger partial charge in [0.05, 0.1) is 16.8 Å². The van der Waals surface area contributed by atoms with Crippen molar-refractivity contribution in [1.82, 2.24) is 4.98 Å². The summed E-state index contributed by atoms with van der Waals surface area (Å²) in [7, 11) is 0. The fraction of sp³-hybridized carbons (Fsp3) is 0. The number of pyridine rings is 1. The number of hydrogen-bond donors (Lipinski definition) is 2. The highest BCUT2D eigenvalue weighted by Gasteiger charge is 2.08. The zero-order valence-electron chi connectivity index (χ0n) is 9.16. The minimum absolute atomic E-state index is 0.115. The Morgan fingerprint density at radius 2 is 2.06 bits per heavy atom. The molecule has 0 fully saturated rings. The summed E-state index contributed by atoms with van der Waals surface area (Å²) in [6, 6.07) is 9.06. The molecule has 0 saturated heterocycles. The van der Waals surface area contributed by atoms with Gasteiger partial charge in [0.25, 0.3) is 0 Å². The van der Waals surface area contributed by atoms with Crippen molar-refractivity contribution in [3.8, 4) is 23.1 Å². The minimum Gasteiger partial charge on any atom is -0.507 e. The van der Waals surface area contributed by atoms with Gasteiger partial charge in [0.2, 0.25) is 0 Å². The molecule has 0 unspecified atom stereocenters. The van der Waals surface area contributed by atoms with Crippen molar-refractivity contribution in [1.29, 1.82) is 5.26 Å². The van der Waals surface area contributed by atoms with E-state index in [0.29, 0.717) is 11.3 Å². The maximum atomic E-state index is 10.8. The molecule has 0 aliphatic rings. The molecule has 0 radical (unpaired) electrons. The average molecular weight is 240 g/mol. The van der Waals surface area contributed by atoms with E-state index in [2.05, 4.69) is 4.98 Å². The molecule has 2 N–H and O–H groups in total. The number of phenols is 1. The molecule has 0 spiro atoms. The van der Waals surface area contributed by atoms with Crippen molar-refractivity contribution >= 4 is 5.97 Å². The molecular weight excluding hydrogens is 232 g/mol. The van der Waals surface area contributed by atoms with Crippen molar-refractivity contribution in [3.63, 3.8) is 0 Å². The lowest BCUT2D eigenvalue weighted by Crippen LogP contribution is -1.97. The van der Waals surface area contributed by atoms with Crippen molar-refractivity contribution in [2.75, 3.05) is 0 Å². The largest absolute Gasteiger partial charge is 0.507 e. The molecule has 5 nitrogen and oxygen atoms in total. The fourth-order valence-corrected chi connectivity index (χ4v) is 1.51. The molecule has 18 heavy (non-hydrogen) atoms. The molecule has 2 aromatic rings. The third-order valence-electron chi connectivity index (χ3n) is 2.42. The molecule has 2 rings (SSSR count). The van der Waals surface area contributed by atoms with E-state index in [1.54, 1.807) is 6.07 Å². The number of phenolic OH excluding ortho intramolecular Hbond substituents is 1. The highest BCUT2D eigenvalue weighted by molar-refractivity contribution is 5.88. The Morgan fingerprint density at radius 3 is 2.72 bits per heavy atom. The lowest BCUT2D eigenvalue weighted by molar-refractivity contribution is 0.0697. The highest BCUT2D eigenvalue weighted by Crippen LogP contribution is 2.24. The normalized spacial score (nSPS) is 9.72. The molecular formula is C13H8N2O3. The zero-order valence-corrected chi connectivity index (χ0v) is 9.16. The van der Waals surface area contributed by atoms with Crippen molar-refractivity contribution in [2.24, 2.45) is 0 Å². The van der Waals surface area contributed by atoms with Gasteiger partial charge >= 0.3 is 5.97 Å². The second-order valence-electron chi connectivity index (χ2n) is 3.58. The number of benzene rings is 1. The van der Waals surface area contributed by atoms with Gasteiger partial charge < -0.3 is 10.2 Å². The molecule has 0 bridgehead atoms. The summed E-state index contributed by atoms with van der Waals surface area (Å²) in [4.78, 5) is 14.9. The van der Waals surface area contributed by atoms with Gasteiger partial charge in [-0.05, 0) is 30.3 Å². The van der Waals surface area contributed by atoms with E-state index >= 15 is 0 Å². The third kappa shape index (κ3) is 2.13. The Morgan fingerprint density at radius 1 is 1.28 bits per heavy atom. The summed E-state index contributed by atoms with van der Waals surface area (Å²) in [6.45, 7) is 0. The Bertz CT molecular complexity index is 660. The number of hydrogen-bond acceptors (Lipinski definition) is 4. The maximum Gasteiger partial charge on any atom is 0.335 e. The smallest absolute Gasteiger partial charge is 0.335 e. The van der Waals surface area contributed by atoms with E-state index in [0.717, 1.165) is 0 Å². The summed E-state index contributed by atoms with van der Waals surface area (Å²) in [6.07, 6.45) is 1.39. The molecule has 1 heterocycles. The summed E-state index contributed by atoms with van der Waals surface area (Å²) < 4.78 is 0. The standard InChI is InChI=1S/C13H8N2O3/c14-7-10-5-8(1-2-12(10)16)11-6-9(13(17)18)3-4-15-11/h1-6,16H,(H,17,18). The molecule has 0 aliphatic carbocycles. The molecule has 5 heteroatoms. The number of aromatic nitrogens is 1. The molecule has 1 aromatic heterocycles. The topological polar surface area (TPSA) is 94.2 Å². The van der Waals surface area contributed by atoms with E-state index in [1.807, 2.05) is 6.07 Å². The van der Waals surface area contributed by atoms with E-state index < -0.39 is 5.97 Å². The molecule has 0 saturated carbocycles. The first-order valence-electron chi connectivity index (χ1n) is 5.04. The van der Waals surface area contributed by atoms with Crippen LogP contribution in [0.1, 0.15) is 15.9 Å². The summed E-state index contributed by atoms with van der Waals surface area (Å²) in [5.41, 5.74) is 1.25. The van der Waals surface area contributed by atoms with Crippen LogP contribution in [-0.2, 0) is 0 Å². The number of carbonyl (C=O) groups is 1. The van der Waals surface area contributed by atoms with Crippen LogP contribution in [0.5, 0.6) is 5.75 Å². The lowest BCUT2D eigenvalue weighted by atomic mass is 10.1. The molecule has 1 aromatic carbocycles. The van der Waals surface area contributed by atoms with Crippen molar-refractivity contribution in [3.05, 3.63) is 47.7 Å². The Kier molecular flexibility index (Phi) is 2.94. The van der Waals surface area contributed by atoms with Crippen LogP contribution in [0, 0.1) is 11.3 Å². The zero-order chi connectivity index (χ0) is 13.1. The van der Waals surface area contributed by atoms with Crippen LogP contribution < -0.4 is 0 Å². The number of rotatable bonds is 2. The highest BCUT2D eigenvalue weighted by atomic mass is 16.4. The first-order chi connectivity index (χ1) is 8.61. The maximum absolute atomic E-state index is 10.8. The van der Waals surface area contributed by atoms with Gasteiger partial charge in [-0.25, -0.2) is 4.79 Å². The first-order valence-corrected chi connectivity index (χ1v) is 5.04. The van der Waals surface area contributed by atoms with Crippen LogP contribution in [0.15, 0.2) is 36.5 Å². The van der Waals surface area contributed by atoms with Crippen LogP contribution in [0.25, 0.3) is 11.3 Å². The van der Waals surface area contributed by atoms with Crippen LogP contribution in [0.2, 0.25) is 0 Å². The number of aromatic carboxylic acids is 1. The van der Waals surface area contributed by atoms with Gasteiger partial charge in [-0.2, -0.15) is 5.26 Å². The number of nitrogens with zero attached hydrogens (tertiary/aromatic N) is 2. The lowest BCUT2D eigenvalue weighted by Gasteiger charge is -2.03. The van der Waals surface area contributed by atoms with Crippen LogP contribution in [-0.4, -0.2) is 21.2 Å². The molecule has 0 amide bonds. The van der Waals surface area contributed by atoms with Crippen molar-refractivity contribution in [2.45, 2.75) is 0 Å². The molecule has 0 atom stereocenters. The summed E-state index contributed by atoms with van der Waals surface area (Å²) in [5, 5.41) is 27.1. The van der Waals surface area contributed by atoms with Crippen LogP contribution >= 0.6 is 0 Å². The molecule has 0 aliphatic heterocycles. The van der Waals surface area contributed by atoms with Gasteiger partial charge in [-0.1, -0.05) is 0 Å². The fourth-order valence-electron chi connectivity index (χ4n) is 1.51. The number of aromatic hydroxyl groups is 1. The Labute approximate surface area is 103 Å². The van der Waals surface area contributed by atoms with Crippen LogP contribution in [0.3, 0.4) is 0 Å². The van der Waals surface area contributed by atoms with E-state index in [1.165, 1.54) is 30.5 Å². The van der Waals surface area contributed by atoms with Crippen LogP contribution in [0.4, 0.5) is 0 Å². The minimum atomic E-state index is -1.04. The Hall–Kier alpha value is -2.87. The van der Waals surface area contributed by atoms with Gasteiger partial charge in [-0.3, -0.25) is 4.98 Å². The van der Waals surface area contributed by atoms with E-state index in [-0.39, 0.29) is 16.9 Å². The third-order valence-corrected chi connectivity index (χ3v) is 2.42. The second kappa shape index (κ2) is 4.55. The summed E-state index contributed by atoms with van der Waals surface area (Å²) in [5.74, 6) is -1.16. The monoisotopic (exact) mass is 240 g/mol. The van der Waals surface area contributed by atoms with Gasteiger partial charge in [0, 0.05) is 11.8 Å². The number of nitriles is 1. The van der Waals surface area contributed by atoms with E-state index in [9.17, 15) is 9.90 Å². The van der Waals surface area contributed by atoms with Gasteiger partial charge in [0.15, 0.2) is 0 Å². The summed E-state index contributed by atoms with van der Waals surface area (Å²) >= 11 is 0. The quantitative estimate of drug-likeness (QED) is 0.837. The first kappa shape index (κ1) is 11.6. The second-order valence-corrected chi connectivity index (χ2v) is 3.58. The van der Waals surface area contributed by atoms with Gasteiger partial charge in [0.1, 0.15) is 11.8 Å².